The second kappa shape index (κ2) is 5.74. The fraction of sp³-hybridized carbons (Fsp3) is 0.444. The van der Waals surface area contributed by atoms with Crippen LogP contribution in [-0.4, -0.2) is 27.0 Å². The third-order valence-corrected chi connectivity index (χ3v) is 2.48. The highest BCUT2D eigenvalue weighted by Gasteiger charge is 2.13. The second-order valence-corrected chi connectivity index (χ2v) is 3.46. The van der Waals surface area contributed by atoms with Crippen molar-refractivity contribution in [1.29, 1.82) is 0 Å². The maximum Gasteiger partial charge on any atom is 0.350 e. The summed E-state index contributed by atoms with van der Waals surface area (Å²) in [4.78, 5) is 12.0. The molecule has 1 rings (SSSR count). The Morgan fingerprint density at radius 2 is 2.21 bits per heavy atom. The minimum Gasteiger partial charge on any atom is -0.434 e. The number of hydrogen-bond acceptors (Lipinski definition) is 5. The van der Waals surface area contributed by atoms with E-state index in [0.29, 0.717) is 11.5 Å². The lowest BCUT2D eigenvalue weighted by atomic mass is 10.3. The van der Waals surface area contributed by atoms with Crippen molar-refractivity contribution in [2.24, 2.45) is 0 Å². The summed E-state index contributed by atoms with van der Waals surface area (Å²) in [5.41, 5.74) is 0.846. The van der Waals surface area contributed by atoms with Crippen LogP contribution in [0.4, 0.5) is 0 Å². The Kier molecular flexibility index (Phi) is 4.58. The quantitative estimate of drug-likeness (QED) is 0.554. The number of ether oxygens (including phenoxy) is 3. The van der Waals surface area contributed by atoms with Gasteiger partial charge in [0.25, 0.3) is 0 Å². The molecular formula is C9H12O4S. The molecule has 0 N–H and O–H groups in total. The van der Waals surface area contributed by atoms with Crippen molar-refractivity contribution in [3.63, 3.8) is 0 Å². The zero-order valence-electron chi connectivity index (χ0n) is 8.11. The standard InChI is InChI=1S/C9H12O4S/c1-11-5-7-3-4-14-8(7)9(10)13-6-12-2/h3-4H,5-6H2,1-2H3. The first kappa shape index (κ1) is 11.2. The fourth-order valence-electron chi connectivity index (χ4n) is 0.962. The van der Waals surface area contributed by atoms with Crippen molar-refractivity contribution in [1.82, 2.24) is 0 Å². The summed E-state index contributed by atoms with van der Waals surface area (Å²) in [6, 6.07) is 1.84. The summed E-state index contributed by atoms with van der Waals surface area (Å²) >= 11 is 1.34. The van der Waals surface area contributed by atoms with Gasteiger partial charge in [0.1, 0.15) is 4.88 Å². The second-order valence-electron chi connectivity index (χ2n) is 2.55. The van der Waals surface area contributed by atoms with Crippen LogP contribution in [0.1, 0.15) is 15.2 Å². The normalized spacial score (nSPS) is 10.1. The summed E-state index contributed by atoms with van der Waals surface area (Å²) in [5, 5.41) is 1.83. The fourth-order valence-corrected chi connectivity index (χ4v) is 1.76. The van der Waals surface area contributed by atoms with E-state index in [9.17, 15) is 4.79 Å². The molecule has 0 aliphatic rings. The largest absolute Gasteiger partial charge is 0.434 e. The number of methoxy groups -OCH3 is 2. The third kappa shape index (κ3) is 2.80. The predicted octanol–water partition coefficient (Wildman–Crippen LogP) is 1.66. The van der Waals surface area contributed by atoms with Crippen molar-refractivity contribution in [2.45, 2.75) is 6.61 Å². The summed E-state index contributed by atoms with van der Waals surface area (Å²) in [6.07, 6.45) is 0. The molecule has 4 nitrogen and oxygen atoms in total. The molecule has 0 atom stereocenters. The molecule has 5 heteroatoms. The van der Waals surface area contributed by atoms with Crippen molar-refractivity contribution >= 4 is 17.3 Å². The highest BCUT2D eigenvalue weighted by molar-refractivity contribution is 7.12. The van der Waals surface area contributed by atoms with E-state index in [1.54, 1.807) is 7.11 Å². The van der Waals surface area contributed by atoms with Crippen LogP contribution in [0.5, 0.6) is 0 Å². The lowest BCUT2D eigenvalue weighted by Crippen LogP contribution is -2.08. The molecule has 14 heavy (non-hydrogen) atoms. The minimum absolute atomic E-state index is 0.0246. The molecule has 0 saturated carbocycles. The van der Waals surface area contributed by atoms with Gasteiger partial charge in [0, 0.05) is 19.8 Å². The molecule has 0 amide bonds. The monoisotopic (exact) mass is 216 g/mol. The van der Waals surface area contributed by atoms with Gasteiger partial charge in [-0.3, -0.25) is 0 Å². The van der Waals surface area contributed by atoms with E-state index in [1.165, 1.54) is 18.4 Å². The highest BCUT2D eigenvalue weighted by Crippen LogP contribution is 2.18. The third-order valence-electron chi connectivity index (χ3n) is 1.54. The van der Waals surface area contributed by atoms with Gasteiger partial charge in [-0.05, 0) is 11.4 Å². The molecule has 0 saturated heterocycles. The molecule has 0 aliphatic heterocycles. The van der Waals surface area contributed by atoms with Gasteiger partial charge < -0.3 is 14.2 Å². The molecule has 0 aliphatic carbocycles. The van der Waals surface area contributed by atoms with Crippen LogP contribution < -0.4 is 0 Å². The van der Waals surface area contributed by atoms with Crippen LogP contribution in [0.3, 0.4) is 0 Å². The highest BCUT2D eigenvalue weighted by atomic mass is 32.1. The van der Waals surface area contributed by atoms with Crippen LogP contribution in [0, 0.1) is 0 Å². The molecule has 78 valence electrons. The van der Waals surface area contributed by atoms with Gasteiger partial charge in [0.05, 0.1) is 6.61 Å². The predicted molar refractivity (Wildman–Crippen MR) is 52.3 cm³/mol. The maximum absolute atomic E-state index is 11.4. The van der Waals surface area contributed by atoms with Gasteiger partial charge in [0.2, 0.25) is 0 Å². The lowest BCUT2D eigenvalue weighted by Gasteiger charge is -2.03. The van der Waals surface area contributed by atoms with Gasteiger partial charge in [-0.25, -0.2) is 4.79 Å². The number of rotatable bonds is 5. The van der Waals surface area contributed by atoms with E-state index in [2.05, 4.69) is 4.74 Å². The van der Waals surface area contributed by atoms with Crippen LogP contribution >= 0.6 is 11.3 Å². The first-order chi connectivity index (χ1) is 6.79. The number of carbonyl (C=O) groups excluding carboxylic acids is 1. The number of thiophene rings is 1. The van der Waals surface area contributed by atoms with Crippen molar-refractivity contribution in [3.05, 3.63) is 21.9 Å². The van der Waals surface area contributed by atoms with E-state index < -0.39 is 0 Å². The number of hydrogen-bond donors (Lipinski definition) is 0. The smallest absolute Gasteiger partial charge is 0.350 e. The van der Waals surface area contributed by atoms with Gasteiger partial charge in [-0.1, -0.05) is 0 Å². The maximum atomic E-state index is 11.4. The molecule has 1 aromatic heterocycles. The summed E-state index contributed by atoms with van der Waals surface area (Å²) in [6.45, 7) is 0.393. The Labute approximate surface area is 86.4 Å². The van der Waals surface area contributed by atoms with E-state index in [-0.39, 0.29) is 12.8 Å². The van der Waals surface area contributed by atoms with Gasteiger partial charge in [-0.2, -0.15) is 0 Å². The van der Waals surface area contributed by atoms with E-state index >= 15 is 0 Å². The molecule has 1 heterocycles. The lowest BCUT2D eigenvalue weighted by molar-refractivity contribution is -0.0122. The first-order valence-electron chi connectivity index (χ1n) is 4.01. The van der Waals surface area contributed by atoms with Crippen molar-refractivity contribution in [2.75, 3.05) is 21.0 Å². The number of carbonyl (C=O) groups is 1. The van der Waals surface area contributed by atoms with Crippen molar-refractivity contribution < 1.29 is 19.0 Å². The van der Waals surface area contributed by atoms with Gasteiger partial charge >= 0.3 is 5.97 Å². The summed E-state index contributed by atoms with van der Waals surface area (Å²) < 4.78 is 14.4. The topological polar surface area (TPSA) is 44.8 Å². The molecule has 0 radical (unpaired) electrons. The van der Waals surface area contributed by atoms with Crippen LogP contribution in [-0.2, 0) is 20.8 Å². The first-order valence-corrected chi connectivity index (χ1v) is 4.89. The van der Waals surface area contributed by atoms with Crippen LogP contribution in [0.25, 0.3) is 0 Å². The summed E-state index contributed by atoms with van der Waals surface area (Å²) in [5.74, 6) is -0.367. The molecule has 0 unspecified atom stereocenters. The molecule has 1 aromatic rings. The molecule has 0 fully saturated rings. The van der Waals surface area contributed by atoms with E-state index in [0.717, 1.165) is 5.56 Å². The average molecular weight is 216 g/mol. The minimum atomic E-state index is -0.367. The van der Waals surface area contributed by atoms with Gasteiger partial charge in [-0.15, -0.1) is 11.3 Å². The van der Waals surface area contributed by atoms with Crippen molar-refractivity contribution in [3.8, 4) is 0 Å². The molecular weight excluding hydrogens is 204 g/mol. The van der Waals surface area contributed by atoms with E-state index in [4.69, 9.17) is 9.47 Å². The zero-order chi connectivity index (χ0) is 10.4. The SMILES string of the molecule is COCOC(=O)c1sccc1COC. The van der Waals surface area contributed by atoms with Crippen LogP contribution in [0.2, 0.25) is 0 Å². The summed E-state index contributed by atoms with van der Waals surface area (Å²) in [7, 11) is 3.06. The Hall–Kier alpha value is -0.910. The van der Waals surface area contributed by atoms with Crippen LogP contribution in [0.15, 0.2) is 11.4 Å². The number of esters is 1. The van der Waals surface area contributed by atoms with Gasteiger partial charge in [0.15, 0.2) is 6.79 Å². The van der Waals surface area contributed by atoms with E-state index in [1.807, 2.05) is 11.4 Å². The Morgan fingerprint density at radius 1 is 1.43 bits per heavy atom. The molecule has 0 spiro atoms. The average Bonchev–Trinajstić information content (AvgIpc) is 2.63. The Morgan fingerprint density at radius 3 is 2.86 bits per heavy atom. The Balaban J connectivity index is 2.63. The molecule has 0 bridgehead atoms. The Bertz CT molecular complexity index is 295. The molecule has 0 aromatic carbocycles. The zero-order valence-corrected chi connectivity index (χ0v) is 8.93.